The first kappa shape index (κ1) is 46.7. The Morgan fingerprint density at radius 2 is 1.61 bits per heavy atom. The van der Waals surface area contributed by atoms with E-state index in [0.29, 0.717) is 98.5 Å². The van der Waals surface area contributed by atoms with Gasteiger partial charge in [0.15, 0.2) is 10.8 Å². The number of para-hydroxylation sites is 2. The molecular weight excluding hydrogens is 931 g/mol. The van der Waals surface area contributed by atoms with Crippen molar-refractivity contribution in [1.29, 1.82) is 0 Å². The molecule has 3 aliphatic heterocycles. The average Bonchev–Trinajstić information content (AvgIpc) is 3.96. The molecule has 2 saturated heterocycles. The van der Waals surface area contributed by atoms with Crippen LogP contribution in [0.2, 0.25) is 0 Å². The van der Waals surface area contributed by atoms with E-state index in [9.17, 15) is 29.1 Å². The van der Waals surface area contributed by atoms with E-state index in [1.165, 1.54) is 11.3 Å². The van der Waals surface area contributed by atoms with Crippen molar-refractivity contribution in [2.45, 2.75) is 76.9 Å². The van der Waals surface area contributed by atoms with E-state index in [4.69, 9.17) is 14.8 Å². The summed E-state index contributed by atoms with van der Waals surface area (Å²) in [5.74, 6) is -0.743. The van der Waals surface area contributed by atoms with Gasteiger partial charge in [-0.05, 0) is 116 Å². The fourth-order valence-electron chi connectivity index (χ4n) is 11.1. The number of hydrogen-bond donors (Lipinski definition) is 3. The minimum absolute atomic E-state index is 0.0336. The van der Waals surface area contributed by atoms with Crippen molar-refractivity contribution < 1.29 is 33.8 Å². The van der Waals surface area contributed by atoms with Crippen molar-refractivity contribution in [3.8, 4) is 16.9 Å². The number of piperidine rings is 1. The molecule has 1 saturated carbocycles. The Morgan fingerprint density at radius 3 is 2.40 bits per heavy atom. The minimum Gasteiger partial charge on any atom is -0.490 e. The number of rotatable bonds is 11. The van der Waals surface area contributed by atoms with E-state index >= 15 is 0 Å². The standard InChI is InChI=1S/C55H55N9O7S/c1-32-36(37-20-22-46(57-50(37)54(69)70)64-25-24-34-8-5-10-38(41(34)31-64)52(67)59-55-56-42-12-3-4-15-45(42)72-55)9-7-14-44(32)71-35-18-16-33(17-19-35)30-48(66)63-28-26-62(27-29-63)43-13-6-11-39-49(60-61(2)51(39)43)40-21-23-47(65)58-53(40)68/h3-15,20,22,33,35,40H,16-19,21,23-31H2,1-2H3,(H,69,70)(H,56,59,67)(H,58,65,68). The summed E-state index contributed by atoms with van der Waals surface area (Å²) in [6.45, 7) is 5.55. The maximum Gasteiger partial charge on any atom is 0.355 e. The van der Waals surface area contributed by atoms with E-state index in [2.05, 4.69) is 26.6 Å². The number of carboxylic acids is 1. The monoisotopic (exact) mass is 985 g/mol. The molecule has 72 heavy (non-hydrogen) atoms. The van der Waals surface area contributed by atoms with Gasteiger partial charge < -0.3 is 24.5 Å². The van der Waals surface area contributed by atoms with Crippen LogP contribution >= 0.6 is 11.3 Å². The lowest BCUT2D eigenvalue weighted by atomic mass is 9.85. The van der Waals surface area contributed by atoms with Crippen LogP contribution in [0.25, 0.3) is 32.2 Å². The molecule has 4 aromatic carbocycles. The number of ether oxygens (including phenoxy) is 1. The lowest BCUT2D eigenvalue weighted by Crippen LogP contribution is -2.49. The second-order valence-corrected chi connectivity index (χ2v) is 20.4. The third-order valence-electron chi connectivity index (χ3n) is 15.0. The van der Waals surface area contributed by atoms with Crippen molar-refractivity contribution in [3.05, 3.63) is 125 Å². The van der Waals surface area contributed by atoms with Crippen LogP contribution in [0.15, 0.2) is 91.0 Å². The Bertz CT molecular complexity index is 3260. The largest absolute Gasteiger partial charge is 0.490 e. The molecule has 6 heterocycles. The van der Waals surface area contributed by atoms with E-state index in [0.717, 1.165) is 74.7 Å². The van der Waals surface area contributed by atoms with E-state index in [1.54, 1.807) is 0 Å². The number of carboxylic acid groups (broad SMARTS) is 1. The number of nitrogens with zero attached hydrogens (tertiary/aromatic N) is 7. The summed E-state index contributed by atoms with van der Waals surface area (Å²) in [6.07, 6.45) is 5.23. The molecule has 368 valence electrons. The molecule has 7 aromatic rings. The molecule has 3 N–H and O–H groups in total. The molecule has 3 fully saturated rings. The maximum atomic E-state index is 13.7. The van der Waals surface area contributed by atoms with Gasteiger partial charge in [0, 0.05) is 75.7 Å². The topological polar surface area (TPSA) is 192 Å². The van der Waals surface area contributed by atoms with Gasteiger partial charge in [0.1, 0.15) is 11.6 Å². The number of anilines is 3. The Hall–Kier alpha value is -7.66. The number of imide groups is 1. The quantitative estimate of drug-likeness (QED) is 0.105. The van der Waals surface area contributed by atoms with Crippen LogP contribution in [-0.2, 0) is 34.4 Å². The molecule has 1 atom stereocenters. The van der Waals surface area contributed by atoms with Crippen LogP contribution in [0.5, 0.6) is 5.75 Å². The summed E-state index contributed by atoms with van der Waals surface area (Å²) in [7, 11) is 1.89. The molecule has 11 rings (SSSR count). The van der Waals surface area contributed by atoms with Crippen molar-refractivity contribution >= 4 is 78.7 Å². The number of benzene rings is 4. The Balaban J connectivity index is 0.698. The SMILES string of the molecule is Cc1c(OC2CCC(CC(=O)N3CCN(c4cccc5c(C6CCC(=O)NC6=O)nn(C)c45)CC3)CC2)cccc1-c1ccc(N2CCc3cccc(C(=O)Nc4nc5ccccc5s4)c3C2)nc1C(=O)O. The third-order valence-corrected chi connectivity index (χ3v) is 15.9. The molecule has 0 bridgehead atoms. The van der Waals surface area contributed by atoms with Crippen molar-refractivity contribution in [1.82, 2.24) is 30.0 Å². The lowest BCUT2D eigenvalue weighted by Gasteiger charge is -2.37. The molecule has 1 aliphatic carbocycles. The van der Waals surface area contributed by atoms with Crippen LogP contribution in [0.3, 0.4) is 0 Å². The first-order valence-corrected chi connectivity index (χ1v) is 25.6. The van der Waals surface area contributed by atoms with E-state index < -0.39 is 11.9 Å². The molecular formula is C55H55N9O7S. The number of carbonyl (C=O) groups is 5. The summed E-state index contributed by atoms with van der Waals surface area (Å²) in [5.41, 5.74) is 7.98. The average molecular weight is 986 g/mol. The zero-order valence-electron chi connectivity index (χ0n) is 40.2. The van der Waals surface area contributed by atoms with Gasteiger partial charge in [-0.15, -0.1) is 0 Å². The number of fused-ring (bicyclic) bond motifs is 3. The van der Waals surface area contributed by atoms with Crippen molar-refractivity contribution in [2.24, 2.45) is 13.0 Å². The summed E-state index contributed by atoms with van der Waals surface area (Å²) in [4.78, 5) is 80.4. The number of hydrogen-bond acceptors (Lipinski definition) is 12. The summed E-state index contributed by atoms with van der Waals surface area (Å²) < 4.78 is 9.46. The Morgan fingerprint density at radius 1 is 0.819 bits per heavy atom. The number of nitrogens with one attached hydrogen (secondary N) is 2. The number of aryl methyl sites for hydroxylation is 1. The zero-order valence-corrected chi connectivity index (χ0v) is 41.0. The fourth-order valence-corrected chi connectivity index (χ4v) is 12.0. The molecule has 4 amide bonds. The van der Waals surface area contributed by atoms with Gasteiger partial charge in [-0.2, -0.15) is 5.10 Å². The maximum absolute atomic E-state index is 13.7. The Kier molecular flexibility index (Phi) is 12.7. The molecule has 4 aliphatic rings. The van der Waals surface area contributed by atoms with Crippen LogP contribution in [0, 0.1) is 12.8 Å². The van der Waals surface area contributed by atoms with Crippen LogP contribution in [0.1, 0.15) is 94.1 Å². The lowest BCUT2D eigenvalue weighted by molar-refractivity contribution is -0.134. The van der Waals surface area contributed by atoms with E-state index in [-0.39, 0.29) is 41.3 Å². The predicted octanol–water partition coefficient (Wildman–Crippen LogP) is 8.26. The molecule has 0 radical (unpaired) electrons. The van der Waals surface area contributed by atoms with Gasteiger partial charge in [0.25, 0.3) is 5.91 Å². The summed E-state index contributed by atoms with van der Waals surface area (Å²) >= 11 is 1.43. The highest BCUT2D eigenvalue weighted by molar-refractivity contribution is 7.22. The van der Waals surface area contributed by atoms with Gasteiger partial charge in [-0.25, -0.2) is 14.8 Å². The molecule has 16 nitrogen and oxygen atoms in total. The second kappa shape index (κ2) is 19.5. The normalized spacial score (nSPS) is 19.3. The number of thiazole rings is 1. The molecule has 1 unspecified atom stereocenters. The zero-order chi connectivity index (χ0) is 49.6. The molecule has 17 heteroatoms. The number of carbonyl (C=O) groups excluding carboxylic acids is 4. The summed E-state index contributed by atoms with van der Waals surface area (Å²) in [6, 6.07) is 28.9. The molecule has 3 aromatic heterocycles. The summed E-state index contributed by atoms with van der Waals surface area (Å²) in [5, 5.41) is 22.2. The number of aromatic nitrogens is 4. The number of aromatic carboxylic acids is 1. The Labute approximate surface area is 420 Å². The van der Waals surface area contributed by atoms with Gasteiger partial charge in [-0.3, -0.25) is 34.5 Å². The van der Waals surface area contributed by atoms with Crippen molar-refractivity contribution in [2.75, 3.05) is 47.8 Å². The van der Waals surface area contributed by atoms with Gasteiger partial charge in [0.2, 0.25) is 17.7 Å². The fraction of sp³-hybridized carbons (Fsp3) is 0.345. The minimum atomic E-state index is -1.13. The van der Waals surface area contributed by atoms with Gasteiger partial charge in [0.05, 0.1) is 39.1 Å². The number of amides is 4. The van der Waals surface area contributed by atoms with E-state index in [1.807, 2.05) is 113 Å². The van der Waals surface area contributed by atoms with Crippen LogP contribution in [-0.4, -0.2) is 98.2 Å². The van der Waals surface area contributed by atoms with Crippen LogP contribution in [0.4, 0.5) is 16.6 Å². The smallest absolute Gasteiger partial charge is 0.355 e. The highest BCUT2D eigenvalue weighted by Gasteiger charge is 2.34. The number of pyridine rings is 1. The highest BCUT2D eigenvalue weighted by Crippen LogP contribution is 2.39. The van der Waals surface area contributed by atoms with Gasteiger partial charge >= 0.3 is 5.97 Å². The van der Waals surface area contributed by atoms with Crippen molar-refractivity contribution in [3.63, 3.8) is 0 Å². The second-order valence-electron chi connectivity index (χ2n) is 19.4. The first-order chi connectivity index (χ1) is 34.9. The van der Waals surface area contributed by atoms with Gasteiger partial charge in [-0.1, -0.05) is 59.9 Å². The molecule has 0 spiro atoms. The highest BCUT2D eigenvalue weighted by atomic mass is 32.1. The first-order valence-electron chi connectivity index (χ1n) is 24.8. The van der Waals surface area contributed by atoms with Crippen LogP contribution < -0.4 is 25.2 Å². The third kappa shape index (κ3) is 9.12. The predicted molar refractivity (Wildman–Crippen MR) is 276 cm³/mol. The number of piperazine rings is 1.